The summed E-state index contributed by atoms with van der Waals surface area (Å²) in [7, 11) is 0. The Labute approximate surface area is 162 Å². The molecule has 2 aromatic rings. The normalized spacial score (nSPS) is 20.6. The number of aromatic nitrogens is 1. The van der Waals surface area contributed by atoms with Crippen molar-refractivity contribution in [3.8, 4) is 0 Å². The van der Waals surface area contributed by atoms with Gasteiger partial charge in [-0.25, -0.2) is 0 Å². The molecule has 1 aliphatic heterocycles. The number of benzene rings is 1. The van der Waals surface area contributed by atoms with Crippen LogP contribution in [0.15, 0.2) is 18.2 Å². The molecule has 4 rings (SSSR count). The van der Waals surface area contributed by atoms with Crippen LogP contribution < -0.4 is 5.32 Å². The lowest BCUT2D eigenvalue weighted by Gasteiger charge is -2.33. The fraction of sp³-hybridized carbons (Fsp3) is 0.609. The third-order valence-electron chi connectivity index (χ3n) is 6.48. The number of para-hydroxylation sites is 1. The highest BCUT2D eigenvalue weighted by Crippen LogP contribution is 2.30. The molecule has 1 atom stereocenters. The largest absolute Gasteiger partial charge is 0.358 e. The molecule has 1 fully saturated rings. The van der Waals surface area contributed by atoms with Gasteiger partial charge in [0.2, 0.25) is 0 Å². The number of aromatic amines is 1. The SMILES string of the molecule is CC1CCCCN1CCCCNC(=O)c1cccc2c3c([nH]c12)CCCC3. The van der Waals surface area contributed by atoms with Gasteiger partial charge in [-0.2, -0.15) is 0 Å². The van der Waals surface area contributed by atoms with Crippen molar-refractivity contribution in [3.63, 3.8) is 0 Å². The van der Waals surface area contributed by atoms with Crippen molar-refractivity contribution in [2.45, 2.75) is 70.8 Å². The average Bonchev–Trinajstić information content (AvgIpc) is 3.07. The fourth-order valence-electron chi connectivity index (χ4n) is 4.85. The summed E-state index contributed by atoms with van der Waals surface area (Å²) in [6.45, 7) is 5.51. The summed E-state index contributed by atoms with van der Waals surface area (Å²) >= 11 is 0. The van der Waals surface area contributed by atoms with Crippen LogP contribution in [0.25, 0.3) is 10.9 Å². The number of aryl methyl sites for hydroxylation is 2. The number of piperidine rings is 1. The summed E-state index contributed by atoms with van der Waals surface area (Å²) in [5.74, 6) is 0.0607. The van der Waals surface area contributed by atoms with E-state index < -0.39 is 0 Å². The van der Waals surface area contributed by atoms with E-state index in [0.29, 0.717) is 0 Å². The smallest absolute Gasteiger partial charge is 0.253 e. The predicted octanol–water partition coefficient (Wildman–Crippen LogP) is 4.43. The first kappa shape index (κ1) is 18.5. The molecule has 4 nitrogen and oxygen atoms in total. The van der Waals surface area contributed by atoms with Gasteiger partial charge in [0.25, 0.3) is 5.91 Å². The van der Waals surface area contributed by atoms with Crippen molar-refractivity contribution >= 4 is 16.8 Å². The number of hydrogen-bond donors (Lipinski definition) is 2. The first-order chi connectivity index (χ1) is 13.2. The number of nitrogens with zero attached hydrogens (tertiary/aromatic N) is 1. The number of fused-ring (bicyclic) bond motifs is 3. The number of likely N-dealkylation sites (tertiary alicyclic amines) is 1. The van der Waals surface area contributed by atoms with Crippen molar-refractivity contribution < 1.29 is 4.79 Å². The van der Waals surface area contributed by atoms with Crippen molar-refractivity contribution in [1.82, 2.24) is 15.2 Å². The fourth-order valence-corrected chi connectivity index (χ4v) is 4.85. The van der Waals surface area contributed by atoms with Crippen LogP contribution in [0.2, 0.25) is 0 Å². The first-order valence-electron chi connectivity index (χ1n) is 10.9. The van der Waals surface area contributed by atoms with Gasteiger partial charge in [-0.15, -0.1) is 0 Å². The Kier molecular flexibility index (Phi) is 5.82. The zero-order valence-corrected chi connectivity index (χ0v) is 16.7. The lowest BCUT2D eigenvalue weighted by Crippen LogP contribution is -2.38. The monoisotopic (exact) mass is 367 g/mol. The maximum absolute atomic E-state index is 12.7. The number of unbranched alkanes of at least 4 members (excludes halogenated alkanes) is 1. The lowest BCUT2D eigenvalue weighted by atomic mass is 9.95. The van der Waals surface area contributed by atoms with Gasteiger partial charge in [0.15, 0.2) is 0 Å². The molecular formula is C23H33N3O. The highest BCUT2D eigenvalue weighted by Gasteiger charge is 2.19. The molecule has 1 amide bonds. The molecule has 1 unspecified atom stereocenters. The molecule has 0 saturated carbocycles. The number of rotatable bonds is 6. The van der Waals surface area contributed by atoms with Crippen LogP contribution in [0.3, 0.4) is 0 Å². The molecule has 0 bridgehead atoms. The van der Waals surface area contributed by atoms with E-state index in [1.54, 1.807) is 0 Å². The average molecular weight is 368 g/mol. The Morgan fingerprint density at radius 2 is 2.07 bits per heavy atom. The zero-order chi connectivity index (χ0) is 18.6. The van der Waals surface area contributed by atoms with E-state index in [9.17, 15) is 4.79 Å². The summed E-state index contributed by atoms with van der Waals surface area (Å²) < 4.78 is 0. The summed E-state index contributed by atoms with van der Waals surface area (Å²) in [6, 6.07) is 6.86. The van der Waals surface area contributed by atoms with Crippen LogP contribution in [-0.4, -0.2) is 41.5 Å². The van der Waals surface area contributed by atoms with Crippen molar-refractivity contribution in [2.75, 3.05) is 19.6 Å². The van der Waals surface area contributed by atoms with Gasteiger partial charge in [0, 0.05) is 23.7 Å². The minimum absolute atomic E-state index is 0.0607. The molecule has 2 N–H and O–H groups in total. The Morgan fingerprint density at radius 1 is 1.19 bits per heavy atom. The van der Waals surface area contributed by atoms with Crippen LogP contribution >= 0.6 is 0 Å². The molecular weight excluding hydrogens is 334 g/mol. The molecule has 1 aliphatic carbocycles. The topological polar surface area (TPSA) is 48.1 Å². The van der Waals surface area contributed by atoms with Gasteiger partial charge in [-0.3, -0.25) is 4.79 Å². The van der Waals surface area contributed by atoms with Crippen LogP contribution in [0.1, 0.15) is 73.5 Å². The number of H-pyrrole nitrogens is 1. The number of hydrogen-bond acceptors (Lipinski definition) is 2. The van der Waals surface area contributed by atoms with Gasteiger partial charge in [0.1, 0.15) is 0 Å². The molecule has 2 aliphatic rings. The second kappa shape index (κ2) is 8.47. The number of carbonyl (C=O) groups is 1. The maximum atomic E-state index is 12.7. The van der Waals surface area contributed by atoms with E-state index in [4.69, 9.17) is 0 Å². The lowest BCUT2D eigenvalue weighted by molar-refractivity contribution is 0.0953. The molecule has 0 spiro atoms. The molecule has 4 heteroatoms. The Bertz CT molecular complexity index is 794. The van der Waals surface area contributed by atoms with Crippen LogP contribution in [0.5, 0.6) is 0 Å². The second-order valence-electron chi connectivity index (χ2n) is 8.36. The van der Waals surface area contributed by atoms with Gasteiger partial charge in [-0.1, -0.05) is 18.6 Å². The molecule has 2 heterocycles. The minimum atomic E-state index is 0.0607. The van der Waals surface area contributed by atoms with Crippen LogP contribution in [0.4, 0.5) is 0 Å². The van der Waals surface area contributed by atoms with E-state index in [0.717, 1.165) is 55.9 Å². The van der Waals surface area contributed by atoms with E-state index >= 15 is 0 Å². The second-order valence-corrected chi connectivity index (χ2v) is 8.36. The third kappa shape index (κ3) is 4.06. The van der Waals surface area contributed by atoms with Crippen molar-refractivity contribution in [3.05, 3.63) is 35.0 Å². The van der Waals surface area contributed by atoms with Gasteiger partial charge < -0.3 is 15.2 Å². The van der Waals surface area contributed by atoms with E-state index in [-0.39, 0.29) is 5.91 Å². The highest BCUT2D eigenvalue weighted by molar-refractivity contribution is 6.06. The predicted molar refractivity (Wildman–Crippen MR) is 111 cm³/mol. The number of nitrogens with one attached hydrogen (secondary N) is 2. The van der Waals surface area contributed by atoms with Crippen molar-refractivity contribution in [1.29, 1.82) is 0 Å². The molecule has 1 aromatic carbocycles. The Balaban J connectivity index is 1.31. The number of carbonyl (C=O) groups excluding carboxylic acids is 1. The molecule has 1 saturated heterocycles. The Morgan fingerprint density at radius 3 is 2.96 bits per heavy atom. The van der Waals surface area contributed by atoms with E-state index in [1.807, 2.05) is 12.1 Å². The minimum Gasteiger partial charge on any atom is -0.358 e. The standard InChI is InChI=1S/C23H33N3O/c1-17-9-4-6-15-26(17)16-7-5-14-24-23(27)20-12-8-11-19-18-10-2-3-13-21(18)25-22(19)20/h8,11-12,17,25H,2-7,9-10,13-16H2,1H3,(H,24,27). The van der Waals surface area contributed by atoms with E-state index in [1.165, 1.54) is 55.3 Å². The molecule has 0 radical (unpaired) electrons. The van der Waals surface area contributed by atoms with Gasteiger partial charge >= 0.3 is 0 Å². The maximum Gasteiger partial charge on any atom is 0.253 e. The summed E-state index contributed by atoms with van der Waals surface area (Å²) in [4.78, 5) is 18.9. The molecule has 146 valence electrons. The highest BCUT2D eigenvalue weighted by atomic mass is 16.1. The first-order valence-corrected chi connectivity index (χ1v) is 10.9. The Hall–Kier alpha value is -1.81. The van der Waals surface area contributed by atoms with Crippen LogP contribution in [-0.2, 0) is 12.8 Å². The molecule has 1 aromatic heterocycles. The zero-order valence-electron chi connectivity index (χ0n) is 16.7. The summed E-state index contributed by atoms with van der Waals surface area (Å²) in [5, 5.41) is 4.39. The van der Waals surface area contributed by atoms with Gasteiger partial charge in [0.05, 0.1) is 11.1 Å². The van der Waals surface area contributed by atoms with Gasteiger partial charge in [-0.05, 0) is 83.0 Å². The van der Waals surface area contributed by atoms with Crippen LogP contribution in [0, 0.1) is 0 Å². The van der Waals surface area contributed by atoms with E-state index in [2.05, 4.69) is 28.2 Å². The third-order valence-corrected chi connectivity index (χ3v) is 6.48. The quantitative estimate of drug-likeness (QED) is 0.742. The number of amides is 1. The summed E-state index contributed by atoms with van der Waals surface area (Å²) in [6.07, 6.45) is 11.0. The van der Waals surface area contributed by atoms with Crippen molar-refractivity contribution in [2.24, 2.45) is 0 Å². The molecule has 27 heavy (non-hydrogen) atoms. The summed E-state index contributed by atoms with van der Waals surface area (Å²) in [5.41, 5.74) is 4.60.